The monoisotopic (exact) mass is 221 g/mol. The molecule has 0 aliphatic carbocycles. The Bertz CT molecular complexity index is 591. The maximum Gasteiger partial charge on any atom is 0.348 e. The molecule has 0 bridgehead atoms. The zero-order chi connectivity index (χ0) is 11.3. The van der Waals surface area contributed by atoms with Gasteiger partial charge < -0.3 is 10.0 Å². The van der Waals surface area contributed by atoms with Gasteiger partial charge in [-0.2, -0.15) is 5.10 Å². The van der Waals surface area contributed by atoms with Crippen LogP contribution in [0.3, 0.4) is 0 Å². The predicted molar refractivity (Wildman–Crippen MR) is 56.4 cm³/mol. The van der Waals surface area contributed by atoms with Gasteiger partial charge in [-0.3, -0.25) is 0 Å². The molecule has 0 amide bonds. The second kappa shape index (κ2) is 2.82. The Labute approximate surface area is 90.3 Å². The average Bonchev–Trinajstić information content (AvgIpc) is 2.56. The fraction of sp³-hybridized carbons (Fsp3) is 0.444. The number of nitrogens with one attached hydrogen (secondary N) is 1. The molecule has 84 valence electrons. The summed E-state index contributed by atoms with van der Waals surface area (Å²) in [5.41, 5.74) is -0.412. The number of H-pyrrole nitrogens is 1. The van der Waals surface area contributed by atoms with Crippen molar-refractivity contribution in [2.45, 2.75) is 12.5 Å². The number of aromatic amines is 1. The molecule has 16 heavy (non-hydrogen) atoms. The molecule has 3 rings (SSSR count). The molecule has 0 spiro atoms. The van der Waals surface area contributed by atoms with E-state index in [0.717, 1.165) is 5.82 Å². The minimum absolute atomic E-state index is 0.301. The minimum Gasteiger partial charge on any atom is -0.386 e. The molecule has 1 aliphatic heterocycles. The predicted octanol–water partition coefficient (Wildman–Crippen LogP) is -1.01. The summed E-state index contributed by atoms with van der Waals surface area (Å²) < 4.78 is 1.33. The Morgan fingerprint density at radius 2 is 2.31 bits per heavy atom. The summed E-state index contributed by atoms with van der Waals surface area (Å²) in [4.78, 5) is 17.3. The minimum atomic E-state index is -0.640. The van der Waals surface area contributed by atoms with Crippen LogP contribution >= 0.6 is 0 Å². The second-order valence-corrected chi connectivity index (χ2v) is 4.36. The standard InChI is InChI=1S/C9H11N5O2/c1-9(16)3-13(4-9)6-2-7-11-12-8(15)14(7)5-10-6/h2,5,16H,3-4H2,1H3,(H,12,15). The summed E-state index contributed by atoms with van der Waals surface area (Å²) >= 11 is 0. The van der Waals surface area contributed by atoms with E-state index in [-0.39, 0.29) is 5.69 Å². The molecule has 2 aromatic heterocycles. The molecule has 0 radical (unpaired) electrons. The molecule has 7 heteroatoms. The first-order valence-corrected chi connectivity index (χ1v) is 4.95. The van der Waals surface area contributed by atoms with Crippen molar-refractivity contribution >= 4 is 11.5 Å². The van der Waals surface area contributed by atoms with E-state index in [2.05, 4.69) is 15.2 Å². The van der Waals surface area contributed by atoms with Gasteiger partial charge in [0.05, 0.1) is 5.60 Å². The van der Waals surface area contributed by atoms with Gasteiger partial charge in [0, 0.05) is 19.2 Å². The topological polar surface area (TPSA) is 86.5 Å². The summed E-state index contributed by atoms with van der Waals surface area (Å²) in [6.07, 6.45) is 1.43. The van der Waals surface area contributed by atoms with Crippen LogP contribution < -0.4 is 10.6 Å². The fourth-order valence-electron chi connectivity index (χ4n) is 1.91. The van der Waals surface area contributed by atoms with E-state index in [1.54, 1.807) is 13.0 Å². The third kappa shape index (κ3) is 1.28. The van der Waals surface area contributed by atoms with Gasteiger partial charge in [-0.1, -0.05) is 0 Å². The van der Waals surface area contributed by atoms with E-state index in [1.807, 2.05) is 4.90 Å². The first kappa shape index (κ1) is 9.34. The fourth-order valence-corrected chi connectivity index (χ4v) is 1.91. The third-order valence-electron chi connectivity index (χ3n) is 2.68. The molecule has 0 atom stereocenters. The van der Waals surface area contributed by atoms with Crippen LogP contribution in [-0.4, -0.2) is 43.4 Å². The third-order valence-corrected chi connectivity index (χ3v) is 2.68. The van der Waals surface area contributed by atoms with E-state index in [9.17, 15) is 9.90 Å². The summed E-state index contributed by atoms with van der Waals surface area (Å²) in [6.45, 7) is 2.87. The van der Waals surface area contributed by atoms with Gasteiger partial charge in [0.1, 0.15) is 12.1 Å². The molecule has 0 saturated carbocycles. The average molecular weight is 221 g/mol. The maximum atomic E-state index is 11.2. The quantitative estimate of drug-likeness (QED) is 0.644. The highest BCUT2D eigenvalue weighted by Crippen LogP contribution is 2.25. The van der Waals surface area contributed by atoms with Gasteiger partial charge in [0.25, 0.3) is 0 Å². The van der Waals surface area contributed by atoms with E-state index in [4.69, 9.17) is 0 Å². The molecule has 2 aromatic rings. The zero-order valence-corrected chi connectivity index (χ0v) is 8.71. The van der Waals surface area contributed by atoms with E-state index >= 15 is 0 Å². The van der Waals surface area contributed by atoms with Crippen molar-refractivity contribution in [2.75, 3.05) is 18.0 Å². The van der Waals surface area contributed by atoms with Gasteiger partial charge in [0.15, 0.2) is 5.65 Å². The van der Waals surface area contributed by atoms with E-state index < -0.39 is 5.60 Å². The summed E-state index contributed by atoms with van der Waals surface area (Å²) in [7, 11) is 0. The first-order valence-electron chi connectivity index (χ1n) is 4.95. The van der Waals surface area contributed by atoms with E-state index in [0.29, 0.717) is 18.7 Å². The van der Waals surface area contributed by atoms with Crippen LogP contribution in [0, 0.1) is 0 Å². The normalized spacial score (nSPS) is 18.8. The van der Waals surface area contributed by atoms with Crippen molar-refractivity contribution in [3.8, 4) is 0 Å². The van der Waals surface area contributed by atoms with Gasteiger partial charge >= 0.3 is 5.69 Å². The van der Waals surface area contributed by atoms with Gasteiger partial charge in [-0.05, 0) is 6.92 Å². The van der Waals surface area contributed by atoms with E-state index in [1.165, 1.54) is 10.7 Å². The van der Waals surface area contributed by atoms with Crippen molar-refractivity contribution < 1.29 is 5.11 Å². The largest absolute Gasteiger partial charge is 0.386 e. The van der Waals surface area contributed by atoms with Crippen molar-refractivity contribution in [3.05, 3.63) is 22.9 Å². The number of aliphatic hydroxyl groups is 1. The number of hydrogen-bond acceptors (Lipinski definition) is 5. The molecular formula is C9H11N5O2. The van der Waals surface area contributed by atoms with Crippen LogP contribution in [0.1, 0.15) is 6.92 Å². The van der Waals surface area contributed by atoms with Gasteiger partial charge in [-0.15, -0.1) is 0 Å². The summed E-state index contributed by atoms with van der Waals surface area (Å²) in [6, 6.07) is 1.72. The van der Waals surface area contributed by atoms with Crippen LogP contribution in [0.2, 0.25) is 0 Å². The van der Waals surface area contributed by atoms with Crippen LogP contribution in [0.15, 0.2) is 17.2 Å². The number of β-amino-alcohol motifs (C(OH)–C–C–N with tert-alkyl or cyclic N) is 1. The second-order valence-electron chi connectivity index (χ2n) is 4.36. The van der Waals surface area contributed by atoms with Crippen molar-refractivity contribution in [3.63, 3.8) is 0 Å². The summed E-state index contributed by atoms with van der Waals surface area (Å²) in [5, 5.41) is 15.8. The van der Waals surface area contributed by atoms with Crippen LogP contribution in [-0.2, 0) is 0 Å². The molecule has 0 unspecified atom stereocenters. The molecule has 7 nitrogen and oxygen atoms in total. The maximum absolute atomic E-state index is 11.2. The molecular weight excluding hydrogens is 210 g/mol. The SMILES string of the molecule is CC1(O)CN(c2cc3n[nH]c(=O)n3cn2)C1. The number of aromatic nitrogens is 4. The number of hydrogen-bond donors (Lipinski definition) is 2. The van der Waals surface area contributed by atoms with Crippen LogP contribution in [0.5, 0.6) is 0 Å². The Hall–Kier alpha value is -1.89. The zero-order valence-electron chi connectivity index (χ0n) is 8.71. The lowest BCUT2D eigenvalue weighted by molar-refractivity contribution is 0.0305. The highest BCUT2D eigenvalue weighted by molar-refractivity contribution is 5.52. The Morgan fingerprint density at radius 1 is 1.56 bits per heavy atom. The number of fused-ring (bicyclic) bond motifs is 1. The Morgan fingerprint density at radius 3 is 3.00 bits per heavy atom. The Balaban J connectivity index is 1.98. The van der Waals surface area contributed by atoms with Crippen LogP contribution in [0.4, 0.5) is 5.82 Å². The first-order chi connectivity index (χ1) is 7.55. The molecule has 3 heterocycles. The molecule has 2 N–H and O–H groups in total. The number of rotatable bonds is 1. The smallest absolute Gasteiger partial charge is 0.348 e. The molecule has 0 aromatic carbocycles. The van der Waals surface area contributed by atoms with Gasteiger partial charge in [-0.25, -0.2) is 19.3 Å². The highest BCUT2D eigenvalue weighted by atomic mass is 16.3. The molecule has 1 aliphatic rings. The number of nitrogens with zero attached hydrogens (tertiary/aromatic N) is 4. The van der Waals surface area contributed by atoms with Crippen molar-refractivity contribution in [1.82, 2.24) is 19.6 Å². The van der Waals surface area contributed by atoms with Gasteiger partial charge in [0.2, 0.25) is 0 Å². The summed E-state index contributed by atoms with van der Waals surface area (Å²) in [5.74, 6) is 0.720. The number of anilines is 1. The lowest BCUT2D eigenvalue weighted by atomic mass is 9.97. The molecule has 1 saturated heterocycles. The van der Waals surface area contributed by atoms with Crippen molar-refractivity contribution in [1.29, 1.82) is 0 Å². The molecule has 1 fully saturated rings. The highest BCUT2D eigenvalue weighted by Gasteiger charge is 2.37. The lowest BCUT2D eigenvalue weighted by Crippen LogP contribution is -2.60. The van der Waals surface area contributed by atoms with Crippen LogP contribution in [0.25, 0.3) is 5.65 Å². The van der Waals surface area contributed by atoms with Crippen molar-refractivity contribution in [2.24, 2.45) is 0 Å². The lowest BCUT2D eigenvalue weighted by Gasteiger charge is -2.44. The Kier molecular flexibility index (Phi) is 1.65.